The Morgan fingerprint density at radius 1 is 1.19 bits per heavy atom. The second-order valence-electron chi connectivity index (χ2n) is 7.70. The second-order valence-corrected chi connectivity index (χ2v) is 8.62. The number of hydrogen-bond donors (Lipinski definition) is 0. The Morgan fingerprint density at radius 2 is 1.93 bits per heavy atom. The minimum absolute atomic E-state index is 0.0287. The summed E-state index contributed by atoms with van der Waals surface area (Å²) < 4.78 is 12.0. The molecule has 0 amide bonds. The smallest absolute Gasteiger partial charge is 0.312 e. The highest BCUT2D eigenvalue weighted by Crippen LogP contribution is 2.43. The van der Waals surface area contributed by atoms with E-state index in [-0.39, 0.29) is 17.5 Å². The van der Waals surface area contributed by atoms with E-state index in [2.05, 4.69) is 69.9 Å². The molecule has 27 heavy (non-hydrogen) atoms. The standard InChI is InChI=1S/C21H23BrN2O3/c1-21(2)13-24(18-8-7-15(22)9-19(18)27-21)17-6-4-5-16(10-17)23-11-14(12-23)20(25)26-3/h4-10,14H,11-13H2,1-3H3. The molecule has 2 heterocycles. The van der Waals surface area contributed by atoms with Crippen LogP contribution in [0, 0.1) is 5.92 Å². The van der Waals surface area contributed by atoms with Gasteiger partial charge in [-0.1, -0.05) is 22.0 Å². The molecular formula is C21H23BrN2O3. The Labute approximate surface area is 168 Å². The molecule has 2 aliphatic rings. The first-order chi connectivity index (χ1) is 12.9. The van der Waals surface area contributed by atoms with E-state index in [4.69, 9.17) is 9.47 Å². The number of rotatable bonds is 3. The van der Waals surface area contributed by atoms with Crippen molar-refractivity contribution in [2.24, 2.45) is 5.92 Å². The molecule has 0 bridgehead atoms. The van der Waals surface area contributed by atoms with E-state index >= 15 is 0 Å². The SMILES string of the molecule is COC(=O)C1CN(c2cccc(N3CC(C)(C)Oc4cc(Br)ccc43)c2)C1. The van der Waals surface area contributed by atoms with Crippen molar-refractivity contribution in [1.82, 2.24) is 0 Å². The highest BCUT2D eigenvalue weighted by atomic mass is 79.9. The maximum Gasteiger partial charge on any atom is 0.312 e. The molecule has 5 nitrogen and oxygen atoms in total. The van der Waals surface area contributed by atoms with Crippen LogP contribution in [-0.4, -0.2) is 38.3 Å². The van der Waals surface area contributed by atoms with Crippen LogP contribution in [0.2, 0.25) is 0 Å². The lowest BCUT2D eigenvalue weighted by Gasteiger charge is -2.42. The molecule has 0 radical (unpaired) electrons. The zero-order valence-electron chi connectivity index (χ0n) is 15.7. The summed E-state index contributed by atoms with van der Waals surface area (Å²) in [5.74, 6) is 0.719. The number of halogens is 1. The lowest BCUT2D eigenvalue weighted by atomic mass is 9.99. The van der Waals surface area contributed by atoms with E-state index < -0.39 is 0 Å². The van der Waals surface area contributed by atoms with Gasteiger partial charge in [0, 0.05) is 28.9 Å². The van der Waals surface area contributed by atoms with E-state index in [1.165, 1.54) is 7.11 Å². The quantitative estimate of drug-likeness (QED) is 0.676. The van der Waals surface area contributed by atoms with Gasteiger partial charge >= 0.3 is 5.97 Å². The predicted octanol–water partition coefficient (Wildman–Crippen LogP) is 4.37. The largest absolute Gasteiger partial charge is 0.484 e. The van der Waals surface area contributed by atoms with Crippen LogP contribution in [0.4, 0.5) is 17.1 Å². The maximum absolute atomic E-state index is 11.6. The maximum atomic E-state index is 11.6. The minimum atomic E-state index is -0.295. The van der Waals surface area contributed by atoms with Crippen LogP contribution in [0.25, 0.3) is 0 Å². The van der Waals surface area contributed by atoms with Gasteiger partial charge in [-0.05, 0) is 50.2 Å². The number of methoxy groups -OCH3 is 1. The Kier molecular flexibility index (Phi) is 4.54. The number of nitrogens with zero attached hydrogens (tertiary/aromatic N) is 2. The number of carbonyl (C=O) groups excluding carboxylic acids is 1. The zero-order valence-corrected chi connectivity index (χ0v) is 17.3. The van der Waals surface area contributed by atoms with Crippen molar-refractivity contribution in [3.63, 3.8) is 0 Å². The summed E-state index contributed by atoms with van der Waals surface area (Å²) in [5.41, 5.74) is 3.01. The summed E-state index contributed by atoms with van der Waals surface area (Å²) in [6, 6.07) is 14.6. The van der Waals surface area contributed by atoms with Crippen LogP contribution in [-0.2, 0) is 9.53 Å². The van der Waals surface area contributed by atoms with Crippen molar-refractivity contribution in [3.05, 3.63) is 46.9 Å². The fraction of sp³-hybridized carbons (Fsp3) is 0.381. The van der Waals surface area contributed by atoms with Crippen molar-refractivity contribution in [1.29, 1.82) is 0 Å². The normalized spacial score (nSPS) is 18.4. The van der Waals surface area contributed by atoms with Crippen molar-refractivity contribution in [2.45, 2.75) is 19.4 Å². The van der Waals surface area contributed by atoms with Gasteiger partial charge in [0.25, 0.3) is 0 Å². The highest BCUT2D eigenvalue weighted by Gasteiger charge is 2.35. The fourth-order valence-corrected chi connectivity index (χ4v) is 4.02. The lowest BCUT2D eigenvalue weighted by Crippen LogP contribution is -2.51. The summed E-state index contributed by atoms with van der Waals surface area (Å²) in [6.45, 7) is 6.37. The second kappa shape index (κ2) is 6.75. The van der Waals surface area contributed by atoms with Gasteiger partial charge in [0.1, 0.15) is 11.4 Å². The van der Waals surface area contributed by atoms with Gasteiger partial charge in [-0.25, -0.2) is 0 Å². The average molecular weight is 431 g/mol. The van der Waals surface area contributed by atoms with Gasteiger partial charge in [-0.2, -0.15) is 0 Å². The molecule has 0 aliphatic carbocycles. The summed E-state index contributed by atoms with van der Waals surface area (Å²) in [5, 5.41) is 0. The first kappa shape index (κ1) is 18.2. The van der Waals surface area contributed by atoms with Gasteiger partial charge in [0.15, 0.2) is 0 Å². The molecule has 2 aromatic carbocycles. The fourth-order valence-electron chi connectivity index (χ4n) is 3.68. The Balaban J connectivity index is 1.62. The predicted molar refractivity (Wildman–Crippen MR) is 110 cm³/mol. The van der Waals surface area contributed by atoms with Crippen LogP contribution in [0.1, 0.15) is 13.8 Å². The molecule has 6 heteroatoms. The molecule has 2 aliphatic heterocycles. The van der Waals surface area contributed by atoms with Crippen molar-refractivity contribution in [2.75, 3.05) is 36.5 Å². The summed E-state index contributed by atoms with van der Waals surface area (Å²) in [7, 11) is 1.45. The third kappa shape index (κ3) is 3.50. The molecule has 0 aromatic heterocycles. The van der Waals surface area contributed by atoms with Crippen molar-refractivity contribution >= 4 is 39.0 Å². The number of hydrogen-bond acceptors (Lipinski definition) is 5. The topological polar surface area (TPSA) is 42.0 Å². The van der Waals surface area contributed by atoms with Gasteiger partial charge in [-0.15, -0.1) is 0 Å². The van der Waals surface area contributed by atoms with Crippen LogP contribution < -0.4 is 14.5 Å². The van der Waals surface area contributed by atoms with E-state index in [0.717, 1.165) is 33.8 Å². The number of fused-ring (bicyclic) bond motifs is 1. The van der Waals surface area contributed by atoms with Crippen LogP contribution in [0.5, 0.6) is 5.75 Å². The zero-order chi connectivity index (χ0) is 19.2. The highest BCUT2D eigenvalue weighted by molar-refractivity contribution is 9.10. The Morgan fingerprint density at radius 3 is 2.67 bits per heavy atom. The molecule has 0 spiro atoms. The van der Waals surface area contributed by atoms with Crippen molar-refractivity contribution < 1.29 is 14.3 Å². The van der Waals surface area contributed by atoms with E-state index in [9.17, 15) is 4.79 Å². The van der Waals surface area contributed by atoms with Gasteiger partial charge < -0.3 is 19.3 Å². The number of esters is 1. The molecule has 0 saturated carbocycles. The molecule has 2 aromatic rings. The average Bonchev–Trinajstić information content (AvgIpc) is 2.58. The molecule has 0 unspecified atom stereocenters. The summed E-state index contributed by atoms with van der Waals surface area (Å²) in [4.78, 5) is 16.2. The number of carbonyl (C=O) groups is 1. The van der Waals surface area contributed by atoms with Gasteiger partial charge in [0.05, 0.1) is 25.3 Å². The van der Waals surface area contributed by atoms with Crippen molar-refractivity contribution in [3.8, 4) is 5.75 Å². The number of anilines is 3. The molecular weight excluding hydrogens is 408 g/mol. The summed E-state index contributed by atoms with van der Waals surface area (Å²) in [6.07, 6.45) is 0. The summed E-state index contributed by atoms with van der Waals surface area (Å²) >= 11 is 3.53. The van der Waals surface area contributed by atoms with Crippen LogP contribution in [0.3, 0.4) is 0 Å². The third-order valence-corrected chi connectivity index (χ3v) is 5.55. The molecule has 1 fully saturated rings. The number of ether oxygens (including phenoxy) is 2. The number of benzene rings is 2. The van der Waals surface area contributed by atoms with Crippen LogP contribution in [0.15, 0.2) is 46.9 Å². The first-order valence-electron chi connectivity index (χ1n) is 9.05. The Bertz CT molecular complexity index is 877. The van der Waals surface area contributed by atoms with E-state index in [0.29, 0.717) is 13.1 Å². The van der Waals surface area contributed by atoms with Gasteiger partial charge in [-0.3, -0.25) is 4.79 Å². The molecule has 142 valence electrons. The molecule has 1 saturated heterocycles. The lowest BCUT2D eigenvalue weighted by molar-refractivity contribution is -0.146. The molecule has 0 atom stereocenters. The monoisotopic (exact) mass is 430 g/mol. The Hall–Kier alpha value is -2.21. The van der Waals surface area contributed by atoms with Gasteiger partial charge in [0.2, 0.25) is 0 Å². The minimum Gasteiger partial charge on any atom is -0.484 e. The first-order valence-corrected chi connectivity index (χ1v) is 9.84. The van der Waals surface area contributed by atoms with E-state index in [1.807, 2.05) is 12.1 Å². The molecule has 0 N–H and O–H groups in total. The molecule has 4 rings (SSSR count). The van der Waals surface area contributed by atoms with E-state index in [1.54, 1.807) is 0 Å². The third-order valence-electron chi connectivity index (χ3n) is 5.06. The van der Waals surface area contributed by atoms with Crippen LogP contribution >= 0.6 is 15.9 Å².